The van der Waals surface area contributed by atoms with Crippen molar-refractivity contribution < 1.29 is 18.0 Å². The van der Waals surface area contributed by atoms with Crippen molar-refractivity contribution in [1.29, 1.82) is 0 Å². The normalized spacial score (nSPS) is 17.6. The summed E-state index contributed by atoms with van der Waals surface area (Å²) in [5, 5.41) is 6.83. The molecule has 2 heterocycles. The Balaban J connectivity index is 1.88. The van der Waals surface area contributed by atoms with Crippen LogP contribution in [0.15, 0.2) is 6.20 Å². The number of halogens is 3. The van der Waals surface area contributed by atoms with E-state index in [2.05, 4.69) is 15.2 Å². The summed E-state index contributed by atoms with van der Waals surface area (Å²) in [7, 11) is 0. The average molecular weight is 276 g/mol. The van der Waals surface area contributed by atoms with Gasteiger partial charge in [0.05, 0.1) is 12.7 Å². The molecule has 0 aliphatic carbocycles. The lowest BCUT2D eigenvalue weighted by Crippen LogP contribution is -2.32. The zero-order chi connectivity index (χ0) is 13.9. The Labute approximate surface area is 108 Å². The third-order valence-electron chi connectivity index (χ3n) is 3.12. The van der Waals surface area contributed by atoms with Crippen molar-refractivity contribution >= 4 is 5.78 Å². The third kappa shape index (κ3) is 3.76. The van der Waals surface area contributed by atoms with Gasteiger partial charge in [-0.2, -0.15) is 13.2 Å². The maximum atomic E-state index is 12.2. The van der Waals surface area contributed by atoms with Crippen LogP contribution in [0.5, 0.6) is 0 Å². The number of rotatable bonds is 4. The molecule has 0 N–H and O–H groups in total. The molecule has 19 heavy (non-hydrogen) atoms. The van der Waals surface area contributed by atoms with Crippen LogP contribution in [0.2, 0.25) is 0 Å². The number of nitrogens with zero attached hydrogens (tertiary/aromatic N) is 4. The number of Topliss-reactive ketones (excluding diaryl/α,β-unsaturated/α-hetero) is 1. The molecular formula is C11H15F3N4O. The smallest absolute Gasteiger partial charge is 0.301 e. The predicted octanol–water partition coefficient (Wildman–Crippen LogP) is 1.51. The molecule has 0 spiro atoms. The number of carbonyl (C=O) groups excluding carboxylic acids is 1. The zero-order valence-electron chi connectivity index (χ0n) is 10.4. The monoisotopic (exact) mass is 276 g/mol. The number of alkyl halides is 3. The molecule has 0 unspecified atom stereocenters. The van der Waals surface area contributed by atoms with Gasteiger partial charge in [0, 0.05) is 6.54 Å². The van der Waals surface area contributed by atoms with Crippen molar-refractivity contribution in [2.24, 2.45) is 0 Å². The summed E-state index contributed by atoms with van der Waals surface area (Å²) < 4.78 is 37.8. The highest BCUT2D eigenvalue weighted by molar-refractivity contribution is 5.98. The van der Waals surface area contributed by atoms with E-state index >= 15 is 0 Å². The van der Waals surface area contributed by atoms with Crippen LogP contribution in [0.1, 0.15) is 29.8 Å². The van der Waals surface area contributed by atoms with Gasteiger partial charge in [0.25, 0.3) is 5.78 Å². The van der Waals surface area contributed by atoms with Crippen LogP contribution in [-0.2, 0) is 6.54 Å². The summed E-state index contributed by atoms with van der Waals surface area (Å²) in [5.74, 6) is -1.95. The Morgan fingerprint density at radius 1 is 1.21 bits per heavy atom. The summed E-state index contributed by atoms with van der Waals surface area (Å²) in [6.45, 7) is 3.16. The minimum atomic E-state index is -4.90. The minimum Gasteiger partial charge on any atom is -0.301 e. The molecule has 1 aromatic heterocycles. The highest BCUT2D eigenvalue weighted by Gasteiger charge is 2.41. The van der Waals surface area contributed by atoms with E-state index in [9.17, 15) is 18.0 Å². The second-order valence-electron chi connectivity index (χ2n) is 4.60. The molecule has 1 aliphatic heterocycles. The fraction of sp³-hybridized carbons (Fsp3) is 0.727. The lowest BCUT2D eigenvalue weighted by Gasteiger charge is -2.25. The second kappa shape index (κ2) is 5.68. The Morgan fingerprint density at radius 3 is 2.53 bits per heavy atom. The molecule has 1 saturated heterocycles. The Morgan fingerprint density at radius 2 is 1.89 bits per heavy atom. The van der Waals surface area contributed by atoms with Crippen LogP contribution in [0, 0.1) is 0 Å². The van der Waals surface area contributed by atoms with E-state index < -0.39 is 17.7 Å². The standard InChI is InChI=1S/C11H15F3N4O/c12-11(13,14)10(19)9-8-18(16-15-9)7-6-17-4-2-1-3-5-17/h8H,1-7H2. The molecule has 0 saturated carbocycles. The summed E-state index contributed by atoms with van der Waals surface area (Å²) in [6.07, 6.45) is -0.318. The Hall–Kier alpha value is -1.44. The van der Waals surface area contributed by atoms with E-state index in [0.29, 0.717) is 13.1 Å². The molecule has 8 heteroatoms. The van der Waals surface area contributed by atoms with Gasteiger partial charge in [-0.1, -0.05) is 11.6 Å². The first kappa shape index (κ1) is 14.0. The summed E-state index contributed by atoms with van der Waals surface area (Å²) >= 11 is 0. The molecule has 2 rings (SSSR count). The number of piperidine rings is 1. The van der Waals surface area contributed by atoms with Gasteiger partial charge in [-0.25, -0.2) is 0 Å². The maximum absolute atomic E-state index is 12.2. The molecule has 1 aliphatic rings. The van der Waals surface area contributed by atoms with E-state index in [1.54, 1.807) is 0 Å². The SMILES string of the molecule is O=C(c1cn(CCN2CCCCC2)nn1)C(F)(F)F. The number of hydrogen-bond donors (Lipinski definition) is 0. The van der Waals surface area contributed by atoms with E-state index in [1.807, 2.05) is 0 Å². The fourth-order valence-corrected chi connectivity index (χ4v) is 2.08. The van der Waals surface area contributed by atoms with Gasteiger partial charge in [0.2, 0.25) is 0 Å². The summed E-state index contributed by atoms with van der Waals surface area (Å²) in [5.41, 5.74) is -0.647. The van der Waals surface area contributed by atoms with Crippen LogP contribution < -0.4 is 0 Å². The van der Waals surface area contributed by atoms with Gasteiger partial charge >= 0.3 is 6.18 Å². The topological polar surface area (TPSA) is 51.0 Å². The first-order valence-electron chi connectivity index (χ1n) is 6.21. The van der Waals surface area contributed by atoms with E-state index in [4.69, 9.17) is 0 Å². The summed E-state index contributed by atoms with van der Waals surface area (Å²) in [6, 6.07) is 0. The van der Waals surface area contributed by atoms with E-state index in [-0.39, 0.29) is 0 Å². The van der Waals surface area contributed by atoms with E-state index in [0.717, 1.165) is 32.1 Å². The van der Waals surface area contributed by atoms with Gasteiger partial charge < -0.3 is 4.90 Å². The number of likely N-dealkylation sites (tertiary alicyclic amines) is 1. The molecule has 0 atom stereocenters. The van der Waals surface area contributed by atoms with Crippen LogP contribution >= 0.6 is 0 Å². The van der Waals surface area contributed by atoms with Crippen molar-refractivity contribution in [2.75, 3.05) is 19.6 Å². The molecule has 5 nitrogen and oxygen atoms in total. The van der Waals surface area contributed by atoms with Gasteiger partial charge in [0.15, 0.2) is 5.69 Å². The second-order valence-corrected chi connectivity index (χ2v) is 4.60. The number of aromatic nitrogens is 3. The van der Waals surface area contributed by atoms with Crippen LogP contribution in [0.25, 0.3) is 0 Å². The van der Waals surface area contributed by atoms with Crippen LogP contribution in [-0.4, -0.2) is 51.5 Å². The Kier molecular flexibility index (Phi) is 4.18. The number of hydrogen-bond acceptors (Lipinski definition) is 4. The fourth-order valence-electron chi connectivity index (χ4n) is 2.08. The van der Waals surface area contributed by atoms with E-state index in [1.165, 1.54) is 11.1 Å². The summed E-state index contributed by atoms with van der Waals surface area (Å²) in [4.78, 5) is 13.2. The molecule has 1 aromatic rings. The highest BCUT2D eigenvalue weighted by Crippen LogP contribution is 2.19. The maximum Gasteiger partial charge on any atom is 0.456 e. The molecular weight excluding hydrogens is 261 g/mol. The van der Waals surface area contributed by atoms with Crippen molar-refractivity contribution in [1.82, 2.24) is 19.9 Å². The third-order valence-corrected chi connectivity index (χ3v) is 3.12. The predicted molar refractivity (Wildman–Crippen MR) is 60.7 cm³/mol. The largest absolute Gasteiger partial charge is 0.456 e. The van der Waals surface area contributed by atoms with Crippen LogP contribution in [0.3, 0.4) is 0 Å². The van der Waals surface area contributed by atoms with Gasteiger partial charge in [-0.15, -0.1) is 5.10 Å². The lowest BCUT2D eigenvalue weighted by molar-refractivity contribution is -0.0888. The van der Waals surface area contributed by atoms with Gasteiger partial charge in [-0.05, 0) is 25.9 Å². The van der Waals surface area contributed by atoms with Crippen molar-refractivity contribution in [3.05, 3.63) is 11.9 Å². The first-order valence-corrected chi connectivity index (χ1v) is 6.21. The van der Waals surface area contributed by atoms with Crippen molar-refractivity contribution in [2.45, 2.75) is 32.0 Å². The lowest BCUT2D eigenvalue weighted by atomic mass is 10.1. The molecule has 1 fully saturated rings. The van der Waals surface area contributed by atoms with Gasteiger partial charge in [0.1, 0.15) is 0 Å². The molecule has 0 aromatic carbocycles. The minimum absolute atomic E-state index is 0.443. The molecule has 0 bridgehead atoms. The Bertz CT molecular complexity index is 437. The zero-order valence-corrected chi connectivity index (χ0v) is 10.4. The van der Waals surface area contributed by atoms with Crippen molar-refractivity contribution in [3.63, 3.8) is 0 Å². The highest BCUT2D eigenvalue weighted by atomic mass is 19.4. The molecule has 0 radical (unpaired) electrons. The molecule has 0 amide bonds. The molecule has 106 valence electrons. The quantitative estimate of drug-likeness (QED) is 0.782. The van der Waals surface area contributed by atoms with Crippen molar-refractivity contribution in [3.8, 4) is 0 Å². The number of carbonyl (C=O) groups is 1. The first-order chi connectivity index (χ1) is 8.97. The number of ketones is 1. The van der Waals surface area contributed by atoms with Crippen LogP contribution in [0.4, 0.5) is 13.2 Å². The average Bonchev–Trinajstić information content (AvgIpc) is 2.84. The van der Waals surface area contributed by atoms with Gasteiger partial charge in [-0.3, -0.25) is 9.48 Å².